The van der Waals surface area contributed by atoms with Crippen LogP contribution in [0.5, 0.6) is 5.75 Å². The third-order valence-corrected chi connectivity index (χ3v) is 8.26. The number of thioether (sulfide) groups is 1. The minimum Gasteiger partial charge on any atom is -0.508 e. The highest BCUT2D eigenvalue weighted by Gasteiger charge is 2.30. The molecule has 1 aromatic carbocycles. The van der Waals surface area contributed by atoms with Crippen LogP contribution in [0.1, 0.15) is 41.4 Å². The number of amides is 2. The van der Waals surface area contributed by atoms with Crippen molar-refractivity contribution in [2.75, 3.05) is 42.9 Å². The number of rotatable bonds is 7. The van der Waals surface area contributed by atoms with Crippen LogP contribution in [0, 0.1) is 0 Å². The van der Waals surface area contributed by atoms with Gasteiger partial charge in [0.25, 0.3) is 5.91 Å². The van der Waals surface area contributed by atoms with E-state index in [4.69, 9.17) is 0 Å². The van der Waals surface area contributed by atoms with Gasteiger partial charge in [-0.05, 0) is 36.1 Å². The molecule has 4 heterocycles. The van der Waals surface area contributed by atoms with Crippen molar-refractivity contribution in [3.8, 4) is 5.75 Å². The molecule has 2 saturated heterocycles. The normalized spacial score (nSPS) is 20.5. The molecular formula is C25H33N7O4S. The Hall–Kier alpha value is -3.09. The topological polar surface area (TPSA) is 143 Å². The van der Waals surface area contributed by atoms with Crippen molar-refractivity contribution >= 4 is 35.3 Å². The summed E-state index contributed by atoms with van der Waals surface area (Å²) < 4.78 is 0. The lowest BCUT2D eigenvalue weighted by molar-refractivity contribution is -0.132. The first kappa shape index (κ1) is 25.6. The number of carbonyl (C=O) groups is 2. The van der Waals surface area contributed by atoms with E-state index in [2.05, 4.69) is 30.8 Å². The van der Waals surface area contributed by atoms with Crippen LogP contribution in [0.3, 0.4) is 0 Å². The molecule has 0 spiro atoms. The number of hydrogen-bond acceptors (Lipinski definition) is 10. The first-order valence-electron chi connectivity index (χ1n) is 12.6. The van der Waals surface area contributed by atoms with Crippen molar-refractivity contribution in [1.29, 1.82) is 0 Å². The Kier molecular flexibility index (Phi) is 7.68. The smallest absolute Gasteiger partial charge is 0.270 e. The maximum absolute atomic E-state index is 13.1. The van der Waals surface area contributed by atoms with Crippen LogP contribution >= 0.6 is 11.8 Å². The van der Waals surface area contributed by atoms with E-state index in [1.165, 1.54) is 0 Å². The molecule has 5 rings (SSSR count). The van der Waals surface area contributed by atoms with Crippen molar-refractivity contribution in [2.45, 2.75) is 49.6 Å². The maximum Gasteiger partial charge on any atom is 0.270 e. The van der Waals surface area contributed by atoms with E-state index >= 15 is 0 Å². The summed E-state index contributed by atoms with van der Waals surface area (Å²) in [5.41, 5.74) is 2.35. The minimum atomic E-state index is -0.818. The Morgan fingerprint density at radius 2 is 1.97 bits per heavy atom. The molecule has 1 aromatic heterocycles. The summed E-state index contributed by atoms with van der Waals surface area (Å²) in [7, 11) is 0. The summed E-state index contributed by atoms with van der Waals surface area (Å²) in [4.78, 5) is 37.6. The van der Waals surface area contributed by atoms with Gasteiger partial charge >= 0.3 is 0 Å². The number of aromatic hydroxyl groups is 1. The lowest BCUT2D eigenvalue weighted by atomic mass is 10.1. The second kappa shape index (κ2) is 11.1. The lowest BCUT2D eigenvalue weighted by Crippen LogP contribution is -2.56. The minimum absolute atomic E-state index is 0.0421. The van der Waals surface area contributed by atoms with Crippen molar-refractivity contribution in [2.24, 2.45) is 0 Å². The number of aromatic nitrogens is 2. The molecule has 37 heavy (non-hydrogen) atoms. The van der Waals surface area contributed by atoms with Gasteiger partial charge in [0.1, 0.15) is 17.3 Å². The van der Waals surface area contributed by atoms with Crippen LogP contribution < -0.4 is 20.9 Å². The van der Waals surface area contributed by atoms with Gasteiger partial charge in [-0.2, -0.15) is 4.98 Å². The van der Waals surface area contributed by atoms with Crippen LogP contribution in [0.4, 0.5) is 11.8 Å². The van der Waals surface area contributed by atoms with E-state index < -0.39 is 6.10 Å². The molecule has 11 nitrogen and oxygen atoms in total. The second-order valence-electron chi connectivity index (χ2n) is 9.74. The number of carbonyl (C=O) groups excluding carboxylic acids is 2. The van der Waals surface area contributed by atoms with Crippen LogP contribution in [-0.4, -0.2) is 87.1 Å². The highest BCUT2D eigenvalue weighted by Crippen LogP contribution is 2.28. The van der Waals surface area contributed by atoms with Gasteiger partial charge in [-0.1, -0.05) is 6.07 Å². The average molecular weight is 528 g/mol. The average Bonchev–Trinajstić information content (AvgIpc) is 3.32. The quantitative estimate of drug-likeness (QED) is 0.352. The number of anilines is 2. The van der Waals surface area contributed by atoms with Crippen molar-refractivity contribution < 1.29 is 19.8 Å². The zero-order valence-electron chi connectivity index (χ0n) is 20.8. The van der Waals surface area contributed by atoms with Crippen LogP contribution in [0.15, 0.2) is 24.3 Å². The van der Waals surface area contributed by atoms with E-state index in [0.717, 1.165) is 37.1 Å². The Balaban J connectivity index is 1.21. The molecule has 0 aliphatic carbocycles. The standard InChI is InChI=1S/C25H33N7O4S/c1-15(33)32-12-18(13-32)28-22-9-20(29-25(30-22)31-6-2-3-7-31)23(36)26-11-21(35)24-27-10-17-8-19(34)5-4-16(17)14-37-24/h4-5,8-9,18,21,24,27,34-35H,2-3,6-7,10-14H2,1H3,(H,26,36)(H,28,29,30)/t21-,24+/m1/s1. The van der Waals surface area contributed by atoms with Gasteiger partial charge in [-0.25, -0.2) is 4.98 Å². The van der Waals surface area contributed by atoms with Crippen molar-refractivity contribution in [3.05, 3.63) is 41.1 Å². The number of aliphatic hydroxyl groups is 1. The number of aliphatic hydroxyl groups excluding tert-OH is 1. The van der Waals surface area contributed by atoms with E-state index in [1.807, 2.05) is 6.07 Å². The van der Waals surface area contributed by atoms with Gasteiger partial charge in [-0.15, -0.1) is 11.8 Å². The van der Waals surface area contributed by atoms with Gasteiger partial charge in [0.2, 0.25) is 11.9 Å². The lowest BCUT2D eigenvalue weighted by Gasteiger charge is -2.39. The third-order valence-electron chi connectivity index (χ3n) is 6.94. The molecule has 2 atom stereocenters. The molecule has 12 heteroatoms. The predicted molar refractivity (Wildman–Crippen MR) is 142 cm³/mol. The molecule has 5 N–H and O–H groups in total. The largest absolute Gasteiger partial charge is 0.508 e. The number of benzene rings is 1. The molecule has 3 aliphatic rings. The number of nitrogens with one attached hydrogen (secondary N) is 3. The Morgan fingerprint density at radius 3 is 2.73 bits per heavy atom. The van der Waals surface area contributed by atoms with Gasteiger partial charge in [0.05, 0.1) is 17.5 Å². The van der Waals surface area contributed by atoms with E-state index in [0.29, 0.717) is 37.2 Å². The summed E-state index contributed by atoms with van der Waals surface area (Å²) in [6.07, 6.45) is 1.29. The second-order valence-corrected chi connectivity index (χ2v) is 10.9. The monoisotopic (exact) mass is 527 g/mol. The van der Waals surface area contributed by atoms with Crippen molar-refractivity contribution in [1.82, 2.24) is 25.5 Å². The first-order chi connectivity index (χ1) is 17.9. The third kappa shape index (κ3) is 6.08. The summed E-state index contributed by atoms with van der Waals surface area (Å²) in [6, 6.07) is 7.00. The molecule has 0 radical (unpaired) electrons. The predicted octanol–water partition coefficient (Wildman–Crippen LogP) is 0.878. The molecule has 0 saturated carbocycles. The summed E-state index contributed by atoms with van der Waals surface area (Å²) in [5, 5.41) is 29.7. The fourth-order valence-electron chi connectivity index (χ4n) is 4.73. The highest BCUT2D eigenvalue weighted by atomic mass is 32.2. The van der Waals surface area contributed by atoms with Crippen LogP contribution in [0.2, 0.25) is 0 Å². The van der Waals surface area contributed by atoms with Crippen molar-refractivity contribution in [3.63, 3.8) is 0 Å². The van der Waals surface area contributed by atoms with E-state index in [1.54, 1.807) is 41.8 Å². The summed E-state index contributed by atoms with van der Waals surface area (Å²) in [6.45, 7) is 5.02. The van der Waals surface area contributed by atoms with E-state index in [9.17, 15) is 19.8 Å². The fourth-order valence-corrected chi connectivity index (χ4v) is 5.89. The molecule has 2 aromatic rings. The molecule has 0 bridgehead atoms. The number of phenolic OH excluding ortho intramolecular Hbond substituents is 1. The number of phenols is 1. The van der Waals surface area contributed by atoms with Gasteiger partial charge in [-0.3, -0.25) is 14.9 Å². The molecule has 198 valence electrons. The molecular weight excluding hydrogens is 494 g/mol. The van der Waals surface area contributed by atoms with E-state index in [-0.39, 0.29) is 41.2 Å². The first-order valence-corrected chi connectivity index (χ1v) is 13.7. The molecule has 0 unspecified atom stereocenters. The molecule has 2 fully saturated rings. The zero-order valence-corrected chi connectivity index (χ0v) is 21.6. The Bertz CT molecular complexity index is 1150. The fraction of sp³-hybridized carbons (Fsp3) is 0.520. The Morgan fingerprint density at radius 1 is 1.19 bits per heavy atom. The number of fused-ring (bicyclic) bond motifs is 1. The maximum atomic E-state index is 13.1. The molecule has 2 amide bonds. The zero-order chi connectivity index (χ0) is 25.9. The summed E-state index contributed by atoms with van der Waals surface area (Å²) >= 11 is 1.56. The summed E-state index contributed by atoms with van der Waals surface area (Å²) in [5.74, 6) is 1.64. The highest BCUT2D eigenvalue weighted by molar-refractivity contribution is 7.99. The van der Waals surface area contributed by atoms with Crippen LogP contribution in [0.25, 0.3) is 0 Å². The number of nitrogens with zero attached hydrogens (tertiary/aromatic N) is 4. The number of likely N-dealkylation sites (tertiary alicyclic amines) is 1. The van der Waals surface area contributed by atoms with Gasteiger partial charge < -0.3 is 30.6 Å². The Labute approximate surface area is 220 Å². The van der Waals surface area contributed by atoms with Crippen LogP contribution in [-0.2, 0) is 17.1 Å². The van der Waals surface area contributed by atoms with Gasteiger partial charge in [0, 0.05) is 58.0 Å². The SMILES string of the molecule is CC(=O)N1CC(Nc2cc(C(=O)NC[C@@H](O)[C@H]3NCc4cc(O)ccc4CS3)nc(N3CCCC3)n2)C1. The molecule has 3 aliphatic heterocycles. The van der Waals surface area contributed by atoms with Gasteiger partial charge in [0.15, 0.2) is 0 Å². The number of hydrogen-bond donors (Lipinski definition) is 5.